The van der Waals surface area contributed by atoms with Gasteiger partial charge in [0.15, 0.2) is 0 Å². The zero-order valence-electron chi connectivity index (χ0n) is 11.4. The van der Waals surface area contributed by atoms with Gasteiger partial charge in [-0.1, -0.05) is 18.2 Å². The number of nitrogens with zero attached hydrogens (tertiary/aromatic N) is 2. The van der Waals surface area contributed by atoms with Gasteiger partial charge in [-0.25, -0.2) is 4.98 Å². The fraction of sp³-hybridized carbons (Fsp3) is 0. The molecule has 1 aliphatic rings. The van der Waals surface area contributed by atoms with E-state index in [-0.39, 0.29) is 5.91 Å². The number of carbonyl (C=O) groups is 1. The first-order valence-corrected chi connectivity index (χ1v) is 7.54. The third-order valence-corrected chi connectivity index (χ3v) is 3.98. The number of hydrogen-bond acceptors (Lipinski definition) is 3. The highest BCUT2D eigenvalue weighted by Gasteiger charge is 2.25. The molecule has 3 heterocycles. The van der Waals surface area contributed by atoms with Crippen molar-refractivity contribution in [1.29, 1.82) is 0 Å². The molecule has 5 heteroatoms. The number of hydrogen-bond donors (Lipinski definition) is 1. The zero-order valence-corrected chi connectivity index (χ0v) is 13.0. The van der Waals surface area contributed by atoms with Crippen LogP contribution in [0.3, 0.4) is 0 Å². The largest absolute Gasteiger partial charge is 0.306 e. The summed E-state index contributed by atoms with van der Waals surface area (Å²) in [7, 11) is 0. The SMILES string of the molecule is O=C1Nc2ncc(Br)cc2/C1=C/c1cnc2ccccc2c1. The fourth-order valence-electron chi connectivity index (χ4n) is 2.52. The molecule has 0 radical (unpaired) electrons. The smallest absolute Gasteiger partial charge is 0.257 e. The first-order chi connectivity index (χ1) is 10.7. The normalized spacial score (nSPS) is 15.1. The van der Waals surface area contributed by atoms with Crippen LogP contribution in [0.15, 0.2) is 53.3 Å². The van der Waals surface area contributed by atoms with Crippen LogP contribution in [0.1, 0.15) is 11.1 Å². The molecule has 3 aromatic rings. The number of aromatic nitrogens is 2. The Labute approximate surface area is 135 Å². The highest BCUT2D eigenvalue weighted by Crippen LogP contribution is 2.33. The van der Waals surface area contributed by atoms with E-state index in [0.29, 0.717) is 11.4 Å². The Morgan fingerprint density at radius 2 is 1.95 bits per heavy atom. The first kappa shape index (κ1) is 13.2. The molecule has 1 aliphatic heterocycles. The number of benzene rings is 1. The van der Waals surface area contributed by atoms with E-state index in [1.807, 2.05) is 42.5 Å². The monoisotopic (exact) mass is 351 g/mol. The molecule has 0 bridgehead atoms. The first-order valence-electron chi connectivity index (χ1n) is 6.74. The molecule has 4 nitrogen and oxygen atoms in total. The van der Waals surface area contributed by atoms with Gasteiger partial charge < -0.3 is 5.32 Å². The molecule has 0 saturated heterocycles. The average molecular weight is 352 g/mol. The summed E-state index contributed by atoms with van der Waals surface area (Å²) in [6.45, 7) is 0. The van der Waals surface area contributed by atoms with Crippen LogP contribution in [0.4, 0.5) is 5.82 Å². The van der Waals surface area contributed by atoms with Crippen molar-refractivity contribution in [3.63, 3.8) is 0 Å². The second kappa shape index (κ2) is 5.03. The van der Waals surface area contributed by atoms with Gasteiger partial charge in [0, 0.05) is 27.8 Å². The molecule has 4 rings (SSSR count). The van der Waals surface area contributed by atoms with Gasteiger partial charge in [-0.05, 0) is 45.8 Å². The number of amides is 1. The van der Waals surface area contributed by atoms with Gasteiger partial charge in [0.2, 0.25) is 0 Å². The minimum atomic E-state index is -0.145. The highest BCUT2D eigenvalue weighted by molar-refractivity contribution is 9.10. The van der Waals surface area contributed by atoms with E-state index in [9.17, 15) is 4.79 Å². The van der Waals surface area contributed by atoms with Crippen molar-refractivity contribution >= 4 is 50.2 Å². The molecule has 1 aromatic carbocycles. The predicted octanol–water partition coefficient (Wildman–Crippen LogP) is 3.89. The number of fused-ring (bicyclic) bond motifs is 2. The van der Waals surface area contributed by atoms with Crippen molar-refractivity contribution < 1.29 is 4.79 Å². The van der Waals surface area contributed by atoms with Crippen molar-refractivity contribution in [2.75, 3.05) is 5.32 Å². The number of rotatable bonds is 1. The van der Waals surface area contributed by atoms with Crippen molar-refractivity contribution in [3.05, 3.63) is 64.4 Å². The summed E-state index contributed by atoms with van der Waals surface area (Å²) >= 11 is 3.39. The van der Waals surface area contributed by atoms with Gasteiger partial charge in [-0.3, -0.25) is 9.78 Å². The summed E-state index contributed by atoms with van der Waals surface area (Å²) in [5.74, 6) is 0.446. The summed E-state index contributed by atoms with van der Waals surface area (Å²) in [4.78, 5) is 20.8. The Kier molecular flexibility index (Phi) is 3.01. The molecular weight excluding hydrogens is 342 g/mol. The van der Waals surface area contributed by atoms with Gasteiger partial charge in [-0.2, -0.15) is 0 Å². The molecule has 2 aromatic heterocycles. The van der Waals surface area contributed by atoms with Crippen LogP contribution in [0.5, 0.6) is 0 Å². The summed E-state index contributed by atoms with van der Waals surface area (Å²) in [5.41, 5.74) is 3.22. The predicted molar refractivity (Wildman–Crippen MR) is 90.2 cm³/mol. The van der Waals surface area contributed by atoms with Gasteiger partial charge in [0.25, 0.3) is 5.91 Å². The topological polar surface area (TPSA) is 54.9 Å². The maximum Gasteiger partial charge on any atom is 0.257 e. The van der Waals surface area contributed by atoms with E-state index in [1.54, 1.807) is 12.4 Å². The molecular formula is C17H10BrN3O. The van der Waals surface area contributed by atoms with Crippen LogP contribution in [0.25, 0.3) is 22.6 Å². The van der Waals surface area contributed by atoms with Crippen LogP contribution >= 0.6 is 15.9 Å². The zero-order chi connectivity index (χ0) is 15.1. The van der Waals surface area contributed by atoms with Crippen LogP contribution in [-0.2, 0) is 4.79 Å². The Morgan fingerprint density at radius 3 is 2.86 bits per heavy atom. The Bertz CT molecular complexity index is 950. The van der Waals surface area contributed by atoms with Crippen molar-refractivity contribution in [1.82, 2.24) is 9.97 Å². The lowest BCUT2D eigenvalue weighted by Crippen LogP contribution is -2.04. The molecule has 0 spiro atoms. The number of carbonyl (C=O) groups excluding carboxylic acids is 1. The standard InChI is InChI=1S/C17H10BrN3O/c18-12-7-13-14(17(22)21-16(13)20-9-12)6-10-5-11-3-1-2-4-15(11)19-8-10/h1-9H,(H,20,21,22)/b14-6-. The van der Waals surface area contributed by atoms with Crippen LogP contribution < -0.4 is 5.32 Å². The number of halogens is 1. The number of para-hydroxylation sites is 1. The van der Waals surface area contributed by atoms with Crippen LogP contribution in [-0.4, -0.2) is 15.9 Å². The van der Waals surface area contributed by atoms with Crippen LogP contribution in [0.2, 0.25) is 0 Å². The second-order valence-electron chi connectivity index (χ2n) is 5.02. The molecule has 1 N–H and O–H groups in total. The van der Waals surface area contributed by atoms with Crippen molar-refractivity contribution in [2.24, 2.45) is 0 Å². The van der Waals surface area contributed by atoms with Gasteiger partial charge in [-0.15, -0.1) is 0 Å². The number of pyridine rings is 2. The third kappa shape index (κ3) is 2.19. The van der Waals surface area contributed by atoms with Crippen molar-refractivity contribution in [3.8, 4) is 0 Å². The number of anilines is 1. The summed E-state index contributed by atoms with van der Waals surface area (Å²) in [5, 5.41) is 3.82. The lowest BCUT2D eigenvalue weighted by Gasteiger charge is -2.01. The molecule has 0 atom stereocenters. The second-order valence-corrected chi connectivity index (χ2v) is 5.94. The highest BCUT2D eigenvalue weighted by atomic mass is 79.9. The Morgan fingerprint density at radius 1 is 1.09 bits per heavy atom. The minimum absolute atomic E-state index is 0.145. The summed E-state index contributed by atoms with van der Waals surface area (Å²) < 4.78 is 0.838. The van der Waals surface area contributed by atoms with Crippen molar-refractivity contribution in [2.45, 2.75) is 0 Å². The lowest BCUT2D eigenvalue weighted by atomic mass is 10.1. The van der Waals surface area contributed by atoms with E-state index in [0.717, 1.165) is 26.5 Å². The maximum atomic E-state index is 12.2. The van der Waals surface area contributed by atoms with E-state index in [4.69, 9.17) is 0 Å². The average Bonchev–Trinajstić information content (AvgIpc) is 2.83. The maximum absolute atomic E-state index is 12.2. The molecule has 0 fully saturated rings. The van der Waals surface area contributed by atoms with E-state index >= 15 is 0 Å². The lowest BCUT2D eigenvalue weighted by molar-refractivity contribution is -0.110. The molecule has 0 aliphatic carbocycles. The fourth-order valence-corrected chi connectivity index (χ4v) is 2.85. The van der Waals surface area contributed by atoms with Gasteiger partial charge >= 0.3 is 0 Å². The van der Waals surface area contributed by atoms with E-state index in [1.165, 1.54) is 0 Å². The Balaban J connectivity index is 1.85. The minimum Gasteiger partial charge on any atom is -0.306 e. The molecule has 22 heavy (non-hydrogen) atoms. The molecule has 1 amide bonds. The third-order valence-electron chi connectivity index (χ3n) is 3.54. The summed E-state index contributed by atoms with van der Waals surface area (Å²) in [6.07, 6.45) is 5.28. The van der Waals surface area contributed by atoms with E-state index < -0.39 is 0 Å². The van der Waals surface area contributed by atoms with E-state index in [2.05, 4.69) is 31.2 Å². The van der Waals surface area contributed by atoms with Crippen LogP contribution in [0, 0.1) is 0 Å². The van der Waals surface area contributed by atoms with Gasteiger partial charge in [0.05, 0.1) is 11.1 Å². The molecule has 0 unspecified atom stereocenters. The quantitative estimate of drug-likeness (QED) is 0.676. The number of nitrogens with one attached hydrogen (secondary N) is 1. The van der Waals surface area contributed by atoms with Gasteiger partial charge in [0.1, 0.15) is 5.82 Å². The summed E-state index contributed by atoms with van der Waals surface area (Å²) in [6, 6.07) is 11.8. The molecule has 106 valence electrons. The molecule has 0 saturated carbocycles. The Hall–Kier alpha value is -2.53.